The Hall–Kier alpha value is -0.600. The molecule has 2 heteroatoms. The first-order valence-corrected chi connectivity index (χ1v) is 6.24. The van der Waals surface area contributed by atoms with Gasteiger partial charge in [-0.15, -0.1) is 0 Å². The molecule has 2 rings (SSSR count). The highest BCUT2D eigenvalue weighted by atomic mass is 79.9. The fourth-order valence-electron chi connectivity index (χ4n) is 2.13. The molecule has 1 nitrogen and oxygen atoms in total. The molecule has 0 saturated carbocycles. The molecule has 0 unspecified atom stereocenters. The van der Waals surface area contributed by atoms with Gasteiger partial charge in [0.05, 0.1) is 0 Å². The Kier molecular flexibility index (Phi) is 3.60. The maximum Gasteiger partial charge on any atom is 0.0369 e. The summed E-state index contributed by atoms with van der Waals surface area (Å²) >= 11 is 3.63. The van der Waals surface area contributed by atoms with Gasteiger partial charge in [-0.05, 0) is 29.3 Å². The molecule has 2 N–H and O–H groups in total. The lowest BCUT2D eigenvalue weighted by Gasteiger charge is -2.26. The van der Waals surface area contributed by atoms with Crippen molar-refractivity contribution in [2.24, 2.45) is 11.7 Å². The van der Waals surface area contributed by atoms with Crippen LogP contribution in [-0.2, 0) is 0 Å². The normalized spacial score (nSPS) is 23.3. The van der Waals surface area contributed by atoms with Gasteiger partial charge in [-0.3, -0.25) is 0 Å². The highest BCUT2D eigenvalue weighted by Gasteiger charge is 2.23. The standard InChI is InChI=1S/C13H16BrN/c14-12-9-5-4-8-11(12)13(15)10-6-2-1-3-7-10/h1-3,6-7,9,11,13H,4-5,8,15H2/t11-,13+/m0/s1. The summed E-state index contributed by atoms with van der Waals surface area (Å²) in [5.74, 6) is 0.459. The first-order valence-electron chi connectivity index (χ1n) is 5.45. The van der Waals surface area contributed by atoms with E-state index in [1.54, 1.807) is 0 Å². The summed E-state index contributed by atoms with van der Waals surface area (Å²) < 4.78 is 1.28. The van der Waals surface area contributed by atoms with E-state index in [2.05, 4.69) is 46.3 Å². The smallest absolute Gasteiger partial charge is 0.0369 e. The van der Waals surface area contributed by atoms with E-state index < -0.39 is 0 Å². The monoisotopic (exact) mass is 265 g/mol. The summed E-state index contributed by atoms with van der Waals surface area (Å²) in [6.07, 6.45) is 5.88. The van der Waals surface area contributed by atoms with Gasteiger partial charge >= 0.3 is 0 Å². The van der Waals surface area contributed by atoms with Crippen molar-refractivity contribution in [1.29, 1.82) is 0 Å². The summed E-state index contributed by atoms with van der Waals surface area (Å²) in [5, 5.41) is 0. The van der Waals surface area contributed by atoms with Crippen molar-refractivity contribution in [3.63, 3.8) is 0 Å². The van der Waals surface area contributed by atoms with Gasteiger partial charge in [-0.2, -0.15) is 0 Å². The van der Waals surface area contributed by atoms with Crippen molar-refractivity contribution in [2.45, 2.75) is 25.3 Å². The maximum atomic E-state index is 6.29. The average molecular weight is 266 g/mol. The number of nitrogens with two attached hydrogens (primary N) is 1. The van der Waals surface area contributed by atoms with Crippen molar-refractivity contribution < 1.29 is 0 Å². The summed E-state index contributed by atoms with van der Waals surface area (Å²) in [4.78, 5) is 0. The van der Waals surface area contributed by atoms with Crippen LogP contribution in [0.15, 0.2) is 40.9 Å². The van der Waals surface area contributed by atoms with Crippen molar-refractivity contribution in [3.05, 3.63) is 46.5 Å². The van der Waals surface area contributed by atoms with Crippen LogP contribution in [0, 0.1) is 5.92 Å². The third-order valence-corrected chi connectivity index (χ3v) is 3.94. The Morgan fingerprint density at radius 3 is 2.67 bits per heavy atom. The van der Waals surface area contributed by atoms with Crippen LogP contribution in [0.25, 0.3) is 0 Å². The van der Waals surface area contributed by atoms with E-state index in [-0.39, 0.29) is 6.04 Å². The summed E-state index contributed by atoms with van der Waals surface area (Å²) in [6.45, 7) is 0. The van der Waals surface area contributed by atoms with Crippen molar-refractivity contribution in [3.8, 4) is 0 Å². The highest BCUT2D eigenvalue weighted by Crippen LogP contribution is 2.36. The van der Waals surface area contributed by atoms with Crippen LogP contribution in [0.5, 0.6) is 0 Å². The van der Waals surface area contributed by atoms with Crippen molar-refractivity contribution in [2.75, 3.05) is 0 Å². The molecule has 1 aliphatic rings. The molecule has 0 bridgehead atoms. The second kappa shape index (κ2) is 4.95. The summed E-state index contributed by atoms with van der Waals surface area (Å²) in [7, 11) is 0. The number of halogens is 1. The Balaban J connectivity index is 2.17. The van der Waals surface area contributed by atoms with Crippen molar-refractivity contribution in [1.82, 2.24) is 0 Å². The number of hydrogen-bond donors (Lipinski definition) is 1. The number of benzene rings is 1. The van der Waals surface area contributed by atoms with E-state index in [9.17, 15) is 0 Å². The minimum atomic E-state index is 0.122. The molecular formula is C13H16BrN. The fraction of sp³-hybridized carbons (Fsp3) is 0.385. The predicted octanol–water partition coefficient (Wildman–Crippen LogP) is 3.77. The SMILES string of the molecule is N[C@H](c1ccccc1)[C@H]1CCCC=C1Br. The van der Waals surface area contributed by atoms with Gasteiger partial charge in [-0.1, -0.05) is 52.3 Å². The lowest BCUT2D eigenvalue weighted by atomic mass is 9.86. The topological polar surface area (TPSA) is 26.0 Å². The zero-order chi connectivity index (χ0) is 10.7. The van der Waals surface area contributed by atoms with Crippen LogP contribution < -0.4 is 5.73 Å². The predicted molar refractivity (Wildman–Crippen MR) is 67.7 cm³/mol. The van der Waals surface area contributed by atoms with Crippen LogP contribution in [0.4, 0.5) is 0 Å². The van der Waals surface area contributed by atoms with E-state index in [1.165, 1.54) is 29.3 Å². The second-order valence-corrected chi connectivity index (χ2v) is 4.98. The van der Waals surface area contributed by atoms with Gasteiger partial charge in [-0.25, -0.2) is 0 Å². The molecule has 0 radical (unpaired) electrons. The molecule has 0 heterocycles. The molecule has 1 aliphatic carbocycles. The van der Waals surface area contributed by atoms with Crippen LogP contribution in [-0.4, -0.2) is 0 Å². The van der Waals surface area contributed by atoms with Crippen molar-refractivity contribution >= 4 is 15.9 Å². The molecule has 1 aromatic carbocycles. The van der Waals surface area contributed by atoms with E-state index >= 15 is 0 Å². The van der Waals surface area contributed by atoms with E-state index in [1.807, 2.05) is 6.07 Å². The minimum absolute atomic E-state index is 0.122. The second-order valence-electron chi connectivity index (χ2n) is 4.06. The summed E-state index contributed by atoms with van der Waals surface area (Å²) in [6, 6.07) is 10.5. The Morgan fingerprint density at radius 1 is 1.27 bits per heavy atom. The Morgan fingerprint density at radius 2 is 2.00 bits per heavy atom. The van der Waals surface area contributed by atoms with E-state index in [0.717, 1.165) is 0 Å². The van der Waals surface area contributed by atoms with Crippen LogP contribution in [0.3, 0.4) is 0 Å². The average Bonchev–Trinajstić information content (AvgIpc) is 2.30. The molecule has 0 aliphatic heterocycles. The lowest BCUT2D eigenvalue weighted by Crippen LogP contribution is -2.23. The number of allylic oxidation sites excluding steroid dienone is 1. The van der Waals surface area contributed by atoms with Crippen LogP contribution in [0.2, 0.25) is 0 Å². The van der Waals surface area contributed by atoms with Gasteiger partial charge in [0.15, 0.2) is 0 Å². The zero-order valence-electron chi connectivity index (χ0n) is 8.70. The first-order chi connectivity index (χ1) is 7.29. The number of rotatable bonds is 2. The molecule has 0 saturated heterocycles. The molecule has 15 heavy (non-hydrogen) atoms. The van der Waals surface area contributed by atoms with E-state index in [0.29, 0.717) is 5.92 Å². The van der Waals surface area contributed by atoms with Gasteiger partial charge < -0.3 is 5.73 Å². The minimum Gasteiger partial charge on any atom is -0.323 e. The Bertz CT molecular complexity index is 345. The molecular weight excluding hydrogens is 250 g/mol. The third kappa shape index (κ3) is 2.50. The molecule has 0 fully saturated rings. The molecule has 0 aromatic heterocycles. The summed E-state index contributed by atoms with van der Waals surface area (Å²) in [5.41, 5.74) is 7.52. The third-order valence-electron chi connectivity index (χ3n) is 3.03. The molecule has 1 aromatic rings. The Labute approximate surface area is 99.5 Å². The van der Waals surface area contributed by atoms with Gasteiger partial charge in [0.1, 0.15) is 0 Å². The molecule has 80 valence electrons. The fourth-order valence-corrected chi connectivity index (χ4v) is 2.87. The first kappa shape index (κ1) is 10.9. The van der Waals surface area contributed by atoms with Gasteiger partial charge in [0.2, 0.25) is 0 Å². The maximum absolute atomic E-state index is 6.29. The quantitative estimate of drug-likeness (QED) is 0.866. The molecule has 0 amide bonds. The van der Waals surface area contributed by atoms with E-state index in [4.69, 9.17) is 5.73 Å². The van der Waals surface area contributed by atoms with Crippen LogP contribution in [0.1, 0.15) is 30.9 Å². The highest BCUT2D eigenvalue weighted by molar-refractivity contribution is 9.11. The lowest BCUT2D eigenvalue weighted by molar-refractivity contribution is 0.451. The zero-order valence-corrected chi connectivity index (χ0v) is 10.3. The number of hydrogen-bond acceptors (Lipinski definition) is 1. The van der Waals surface area contributed by atoms with Crippen LogP contribution >= 0.6 is 15.9 Å². The largest absolute Gasteiger partial charge is 0.323 e. The molecule has 2 atom stereocenters. The van der Waals surface area contributed by atoms with Gasteiger partial charge in [0.25, 0.3) is 0 Å². The van der Waals surface area contributed by atoms with Gasteiger partial charge in [0, 0.05) is 12.0 Å². The molecule has 0 spiro atoms.